The third-order valence-corrected chi connectivity index (χ3v) is 4.07. The number of rotatable bonds is 2. The third-order valence-electron chi connectivity index (χ3n) is 4.07. The number of nitrogens with zero attached hydrogens (tertiary/aromatic N) is 1. The molecule has 106 valence electrons. The van der Waals surface area contributed by atoms with Crippen LogP contribution in [0.2, 0.25) is 0 Å². The van der Waals surface area contributed by atoms with E-state index in [-0.39, 0.29) is 17.5 Å². The first-order valence-corrected chi connectivity index (χ1v) is 6.83. The van der Waals surface area contributed by atoms with Gasteiger partial charge in [-0.3, -0.25) is 25.4 Å². The van der Waals surface area contributed by atoms with Crippen LogP contribution in [0.25, 0.3) is 0 Å². The van der Waals surface area contributed by atoms with Crippen molar-refractivity contribution < 1.29 is 14.3 Å². The van der Waals surface area contributed by atoms with Gasteiger partial charge in [-0.15, -0.1) is 0 Å². The average Bonchev–Trinajstić information content (AvgIpc) is 3.06. The van der Waals surface area contributed by atoms with Crippen LogP contribution in [-0.2, 0) is 9.53 Å². The lowest BCUT2D eigenvalue weighted by Crippen LogP contribution is -2.44. The number of carbonyl (C=O) groups is 2. The number of aromatic nitrogens is 1. The van der Waals surface area contributed by atoms with Gasteiger partial charge in [0.05, 0.1) is 0 Å². The van der Waals surface area contributed by atoms with E-state index in [0.29, 0.717) is 11.8 Å². The van der Waals surface area contributed by atoms with Gasteiger partial charge in [0.15, 0.2) is 0 Å². The summed E-state index contributed by atoms with van der Waals surface area (Å²) in [6, 6.07) is 5.05. The highest BCUT2D eigenvalue weighted by molar-refractivity contribution is 5.93. The van der Waals surface area contributed by atoms with Gasteiger partial charge in [0.1, 0.15) is 5.69 Å². The van der Waals surface area contributed by atoms with Crippen molar-refractivity contribution in [3.05, 3.63) is 30.1 Å². The lowest BCUT2D eigenvalue weighted by molar-refractivity contribution is -0.125. The summed E-state index contributed by atoms with van der Waals surface area (Å²) in [4.78, 5) is 27.7. The molecular formula is C14H17N3O3. The molecule has 1 aliphatic carbocycles. The third kappa shape index (κ3) is 2.65. The molecule has 2 amide bonds. The second-order valence-electron chi connectivity index (χ2n) is 5.38. The molecule has 1 saturated heterocycles. The Labute approximate surface area is 116 Å². The van der Waals surface area contributed by atoms with Crippen molar-refractivity contribution in [1.82, 2.24) is 15.8 Å². The Bertz CT molecular complexity index is 494. The second-order valence-corrected chi connectivity index (χ2v) is 5.38. The predicted octanol–water partition coefficient (Wildman–Crippen LogP) is 0.515. The first-order valence-electron chi connectivity index (χ1n) is 6.83. The largest absolute Gasteiger partial charge is 0.381 e. The maximum Gasteiger partial charge on any atom is 0.288 e. The normalized spacial score (nSPS) is 25.2. The molecule has 2 fully saturated rings. The van der Waals surface area contributed by atoms with Crippen LogP contribution in [0.3, 0.4) is 0 Å². The number of ether oxygens (including phenoxy) is 1. The fourth-order valence-corrected chi connectivity index (χ4v) is 2.99. The highest BCUT2D eigenvalue weighted by Crippen LogP contribution is 2.40. The smallest absolute Gasteiger partial charge is 0.288 e. The molecule has 0 bridgehead atoms. The molecule has 2 aliphatic rings. The molecule has 1 saturated carbocycles. The van der Waals surface area contributed by atoms with Crippen molar-refractivity contribution in [1.29, 1.82) is 0 Å². The topological polar surface area (TPSA) is 80.3 Å². The average molecular weight is 275 g/mol. The lowest BCUT2D eigenvalue weighted by atomic mass is 10.0. The molecular weight excluding hydrogens is 258 g/mol. The molecule has 2 N–H and O–H groups in total. The Balaban J connectivity index is 1.49. The highest BCUT2D eigenvalue weighted by atomic mass is 16.5. The molecule has 2 heterocycles. The number of fused-ring (bicyclic) bond motifs is 1. The summed E-state index contributed by atoms with van der Waals surface area (Å²) in [6.07, 6.45) is 3.22. The molecule has 6 heteroatoms. The highest BCUT2D eigenvalue weighted by Gasteiger charge is 2.41. The van der Waals surface area contributed by atoms with Gasteiger partial charge in [-0.05, 0) is 36.8 Å². The molecule has 2 atom stereocenters. The minimum Gasteiger partial charge on any atom is -0.381 e. The van der Waals surface area contributed by atoms with E-state index < -0.39 is 5.91 Å². The van der Waals surface area contributed by atoms with Crippen molar-refractivity contribution in [3.63, 3.8) is 0 Å². The Kier molecular flexibility index (Phi) is 3.64. The zero-order valence-electron chi connectivity index (χ0n) is 11.0. The van der Waals surface area contributed by atoms with Crippen LogP contribution in [0, 0.1) is 17.8 Å². The van der Waals surface area contributed by atoms with E-state index in [0.717, 1.165) is 26.1 Å². The van der Waals surface area contributed by atoms with E-state index in [1.54, 1.807) is 18.2 Å². The Hall–Kier alpha value is -1.95. The number of hydrazine groups is 1. The van der Waals surface area contributed by atoms with E-state index in [2.05, 4.69) is 15.8 Å². The summed E-state index contributed by atoms with van der Waals surface area (Å²) < 4.78 is 5.39. The summed E-state index contributed by atoms with van der Waals surface area (Å²) in [5.41, 5.74) is 5.18. The molecule has 6 nitrogen and oxygen atoms in total. The van der Waals surface area contributed by atoms with E-state index in [1.165, 1.54) is 6.20 Å². The van der Waals surface area contributed by atoms with Crippen molar-refractivity contribution in [2.24, 2.45) is 17.8 Å². The molecule has 0 spiro atoms. The summed E-state index contributed by atoms with van der Waals surface area (Å²) in [6.45, 7) is 1.52. The van der Waals surface area contributed by atoms with Crippen LogP contribution >= 0.6 is 0 Å². The molecule has 20 heavy (non-hydrogen) atoms. The minimum atomic E-state index is -0.402. The van der Waals surface area contributed by atoms with E-state index >= 15 is 0 Å². The molecule has 0 unspecified atom stereocenters. The van der Waals surface area contributed by atoms with Gasteiger partial charge in [-0.1, -0.05) is 6.07 Å². The van der Waals surface area contributed by atoms with Crippen LogP contribution in [0.15, 0.2) is 24.4 Å². The number of pyridine rings is 1. The van der Waals surface area contributed by atoms with Crippen LogP contribution in [0.1, 0.15) is 23.3 Å². The SMILES string of the molecule is O=C(NNC(=O)C1C[C@@H]2COC[C@H]2C1)c1ccccn1. The van der Waals surface area contributed by atoms with Crippen molar-refractivity contribution in [2.45, 2.75) is 12.8 Å². The summed E-state index contributed by atoms with van der Waals surface area (Å²) in [5.74, 6) is 0.441. The standard InChI is InChI=1S/C14H17N3O3/c18-13(9-5-10-7-20-8-11(10)6-9)16-17-14(19)12-3-1-2-4-15-12/h1-4,9-11H,5-8H2,(H,16,18)(H,17,19)/t10-,11-/m1/s1. The van der Waals surface area contributed by atoms with Gasteiger partial charge in [-0.25, -0.2) is 0 Å². The van der Waals surface area contributed by atoms with Crippen molar-refractivity contribution in [3.8, 4) is 0 Å². The fraction of sp³-hybridized carbons (Fsp3) is 0.500. The van der Waals surface area contributed by atoms with Gasteiger partial charge in [0.25, 0.3) is 5.91 Å². The Morgan fingerprint density at radius 3 is 2.55 bits per heavy atom. The van der Waals surface area contributed by atoms with Gasteiger partial charge in [0.2, 0.25) is 5.91 Å². The van der Waals surface area contributed by atoms with Crippen LogP contribution in [-0.4, -0.2) is 30.0 Å². The monoisotopic (exact) mass is 275 g/mol. The Morgan fingerprint density at radius 2 is 1.90 bits per heavy atom. The van der Waals surface area contributed by atoms with Crippen molar-refractivity contribution >= 4 is 11.8 Å². The molecule has 0 aromatic carbocycles. The van der Waals surface area contributed by atoms with E-state index in [9.17, 15) is 9.59 Å². The summed E-state index contributed by atoms with van der Waals surface area (Å²) >= 11 is 0. The summed E-state index contributed by atoms with van der Waals surface area (Å²) in [7, 11) is 0. The number of hydrogen-bond acceptors (Lipinski definition) is 4. The Morgan fingerprint density at radius 1 is 1.15 bits per heavy atom. The zero-order valence-corrected chi connectivity index (χ0v) is 11.0. The van der Waals surface area contributed by atoms with Gasteiger partial charge in [0, 0.05) is 25.3 Å². The quantitative estimate of drug-likeness (QED) is 0.771. The molecule has 3 rings (SSSR count). The molecule has 1 aromatic rings. The maximum absolute atomic E-state index is 12.0. The number of hydrogen-bond donors (Lipinski definition) is 2. The maximum atomic E-state index is 12.0. The van der Waals surface area contributed by atoms with Crippen LogP contribution in [0.4, 0.5) is 0 Å². The zero-order chi connectivity index (χ0) is 13.9. The number of nitrogens with one attached hydrogen (secondary N) is 2. The molecule has 1 aromatic heterocycles. The first-order chi connectivity index (χ1) is 9.74. The van der Waals surface area contributed by atoms with E-state index in [1.807, 2.05) is 0 Å². The number of carbonyl (C=O) groups excluding carboxylic acids is 2. The fourth-order valence-electron chi connectivity index (χ4n) is 2.99. The van der Waals surface area contributed by atoms with E-state index in [4.69, 9.17) is 4.74 Å². The van der Waals surface area contributed by atoms with Crippen LogP contribution < -0.4 is 10.9 Å². The minimum absolute atomic E-state index is 0.0297. The van der Waals surface area contributed by atoms with Crippen molar-refractivity contribution in [2.75, 3.05) is 13.2 Å². The van der Waals surface area contributed by atoms with Gasteiger partial charge in [-0.2, -0.15) is 0 Å². The second kappa shape index (κ2) is 5.58. The van der Waals surface area contributed by atoms with Crippen LogP contribution in [0.5, 0.6) is 0 Å². The summed E-state index contributed by atoms with van der Waals surface area (Å²) in [5, 5.41) is 0. The lowest BCUT2D eigenvalue weighted by Gasteiger charge is -2.12. The first kappa shape index (κ1) is 13.1. The number of amides is 2. The van der Waals surface area contributed by atoms with Gasteiger partial charge < -0.3 is 4.74 Å². The van der Waals surface area contributed by atoms with Gasteiger partial charge >= 0.3 is 0 Å². The molecule has 1 aliphatic heterocycles. The predicted molar refractivity (Wildman–Crippen MR) is 70.4 cm³/mol. The molecule has 0 radical (unpaired) electrons.